The summed E-state index contributed by atoms with van der Waals surface area (Å²) in [6, 6.07) is 15.9. The lowest BCUT2D eigenvalue weighted by atomic mass is 10.0. The van der Waals surface area contributed by atoms with Crippen molar-refractivity contribution in [2.24, 2.45) is 5.92 Å². The Labute approximate surface area is 217 Å². The zero-order valence-electron chi connectivity index (χ0n) is 21.9. The normalized spacial score (nSPS) is 16.6. The third-order valence-electron chi connectivity index (χ3n) is 5.71. The van der Waals surface area contributed by atoms with Gasteiger partial charge in [0.15, 0.2) is 0 Å². The maximum Gasteiger partial charge on any atom is 0.325 e. The van der Waals surface area contributed by atoms with Crippen LogP contribution >= 0.6 is 0 Å². The fourth-order valence-corrected chi connectivity index (χ4v) is 3.82. The Morgan fingerprint density at radius 2 is 1.81 bits per heavy atom. The van der Waals surface area contributed by atoms with Crippen LogP contribution in [0.2, 0.25) is 0 Å². The van der Waals surface area contributed by atoms with Crippen molar-refractivity contribution < 1.29 is 33.4 Å². The number of hydrogen-bond donors (Lipinski definition) is 0. The lowest BCUT2D eigenvalue weighted by Crippen LogP contribution is -2.52. The fraction of sp³-hybridized carbons (Fsp3) is 0.429. The molecule has 0 N–H and O–H groups in total. The van der Waals surface area contributed by atoms with Crippen LogP contribution in [-0.4, -0.2) is 67.1 Å². The highest BCUT2D eigenvalue weighted by Gasteiger charge is 2.39. The highest BCUT2D eigenvalue weighted by Crippen LogP contribution is 2.25. The molecule has 0 spiro atoms. The molecule has 2 atom stereocenters. The van der Waals surface area contributed by atoms with Gasteiger partial charge in [-0.15, -0.1) is 0 Å². The quantitative estimate of drug-likeness (QED) is 0.503. The van der Waals surface area contributed by atoms with Gasteiger partial charge in [0.05, 0.1) is 12.5 Å². The zero-order valence-corrected chi connectivity index (χ0v) is 21.9. The molecule has 3 rings (SSSR count). The first-order valence-electron chi connectivity index (χ1n) is 12.2. The monoisotopic (exact) mass is 510 g/mol. The minimum Gasteiger partial charge on any atom is -0.460 e. The SMILES string of the molecule is C[C@@H](C(=O)OC(C)(C)C)[C@H]1OCCN(c2cccc(C(=O)N(C)CC(=O)OCc3ccccc3)c2)C1=O. The van der Waals surface area contributed by atoms with Gasteiger partial charge in [0, 0.05) is 24.8 Å². The molecule has 1 aliphatic rings. The summed E-state index contributed by atoms with van der Waals surface area (Å²) in [6.45, 7) is 7.29. The summed E-state index contributed by atoms with van der Waals surface area (Å²) in [5.74, 6) is -2.62. The lowest BCUT2D eigenvalue weighted by molar-refractivity contribution is -0.168. The predicted octanol–water partition coefficient (Wildman–Crippen LogP) is 3.21. The fourth-order valence-electron chi connectivity index (χ4n) is 3.82. The second-order valence-electron chi connectivity index (χ2n) is 9.96. The van der Waals surface area contributed by atoms with Crippen molar-refractivity contribution in [1.29, 1.82) is 0 Å². The van der Waals surface area contributed by atoms with E-state index in [2.05, 4.69) is 0 Å². The Morgan fingerprint density at radius 3 is 2.49 bits per heavy atom. The molecule has 37 heavy (non-hydrogen) atoms. The summed E-state index contributed by atoms with van der Waals surface area (Å²) in [7, 11) is 1.51. The molecule has 2 amide bonds. The molecule has 0 radical (unpaired) electrons. The number of likely N-dealkylation sites (N-methyl/N-ethyl adjacent to an activating group) is 1. The van der Waals surface area contributed by atoms with Gasteiger partial charge in [-0.2, -0.15) is 0 Å². The maximum atomic E-state index is 13.2. The largest absolute Gasteiger partial charge is 0.460 e. The van der Waals surface area contributed by atoms with Gasteiger partial charge >= 0.3 is 11.9 Å². The number of carbonyl (C=O) groups is 4. The minimum atomic E-state index is -0.995. The molecule has 198 valence electrons. The van der Waals surface area contributed by atoms with Crippen molar-refractivity contribution >= 4 is 29.4 Å². The van der Waals surface area contributed by atoms with Crippen LogP contribution in [-0.2, 0) is 35.2 Å². The zero-order chi connectivity index (χ0) is 27.2. The molecule has 0 aliphatic carbocycles. The van der Waals surface area contributed by atoms with E-state index < -0.39 is 35.5 Å². The summed E-state index contributed by atoms with van der Waals surface area (Å²) in [5, 5.41) is 0. The van der Waals surface area contributed by atoms with E-state index in [9.17, 15) is 19.2 Å². The number of morpholine rings is 1. The molecular weight excluding hydrogens is 476 g/mol. The molecule has 1 aliphatic heterocycles. The number of nitrogens with zero attached hydrogens (tertiary/aromatic N) is 2. The first kappa shape index (κ1) is 27.9. The van der Waals surface area contributed by atoms with Crippen LogP contribution in [0.5, 0.6) is 0 Å². The Balaban J connectivity index is 1.64. The average molecular weight is 511 g/mol. The summed E-state index contributed by atoms with van der Waals surface area (Å²) < 4.78 is 16.3. The van der Waals surface area contributed by atoms with Gasteiger partial charge in [-0.1, -0.05) is 36.4 Å². The molecule has 1 heterocycles. The van der Waals surface area contributed by atoms with E-state index in [1.807, 2.05) is 30.3 Å². The molecule has 9 nitrogen and oxygen atoms in total. The van der Waals surface area contributed by atoms with Gasteiger partial charge < -0.3 is 24.0 Å². The highest BCUT2D eigenvalue weighted by molar-refractivity contribution is 6.01. The van der Waals surface area contributed by atoms with Gasteiger partial charge in [-0.25, -0.2) is 0 Å². The number of carbonyl (C=O) groups excluding carboxylic acids is 4. The smallest absolute Gasteiger partial charge is 0.325 e. The first-order chi connectivity index (χ1) is 17.5. The first-order valence-corrected chi connectivity index (χ1v) is 12.2. The predicted molar refractivity (Wildman–Crippen MR) is 137 cm³/mol. The van der Waals surface area contributed by atoms with Crippen molar-refractivity contribution in [1.82, 2.24) is 4.90 Å². The van der Waals surface area contributed by atoms with E-state index in [1.54, 1.807) is 52.0 Å². The van der Waals surface area contributed by atoms with Crippen molar-refractivity contribution in [2.75, 3.05) is 31.6 Å². The average Bonchev–Trinajstić information content (AvgIpc) is 2.86. The molecule has 0 unspecified atom stereocenters. The van der Waals surface area contributed by atoms with Gasteiger partial charge in [0.1, 0.15) is 24.9 Å². The summed E-state index contributed by atoms with van der Waals surface area (Å²) in [4.78, 5) is 53.7. The van der Waals surface area contributed by atoms with Gasteiger partial charge in [-0.05, 0) is 51.5 Å². The van der Waals surface area contributed by atoms with Crippen molar-refractivity contribution in [3.8, 4) is 0 Å². The van der Waals surface area contributed by atoms with Crippen molar-refractivity contribution in [3.05, 3.63) is 65.7 Å². The third kappa shape index (κ3) is 7.63. The number of esters is 2. The standard InChI is InChI=1S/C28H34N2O7/c1-19(27(34)37-28(2,3)4)24-26(33)30(14-15-35-24)22-13-9-12-21(16-22)25(32)29(5)17-23(31)36-18-20-10-7-6-8-11-20/h6-13,16,19,24H,14-15,17-18H2,1-5H3/t19-,24-/m1/s1. The van der Waals surface area contributed by atoms with E-state index in [0.29, 0.717) is 11.3 Å². The maximum absolute atomic E-state index is 13.2. The number of anilines is 1. The Hall–Kier alpha value is -3.72. The summed E-state index contributed by atoms with van der Waals surface area (Å²) in [5.41, 5.74) is 0.983. The molecule has 9 heteroatoms. The van der Waals surface area contributed by atoms with Crippen LogP contribution in [0.25, 0.3) is 0 Å². The highest BCUT2D eigenvalue weighted by atomic mass is 16.6. The third-order valence-corrected chi connectivity index (χ3v) is 5.71. The minimum absolute atomic E-state index is 0.124. The van der Waals surface area contributed by atoms with E-state index in [0.717, 1.165) is 5.56 Å². The van der Waals surface area contributed by atoms with Crippen LogP contribution in [0.15, 0.2) is 54.6 Å². The second-order valence-corrected chi connectivity index (χ2v) is 9.96. The summed E-state index contributed by atoms with van der Waals surface area (Å²) in [6.07, 6.45) is -0.995. The lowest BCUT2D eigenvalue weighted by Gasteiger charge is -2.35. The number of benzene rings is 2. The number of amides is 2. The Morgan fingerprint density at radius 1 is 1.11 bits per heavy atom. The molecule has 1 fully saturated rings. The van der Waals surface area contributed by atoms with Gasteiger partial charge in [-0.3, -0.25) is 19.2 Å². The molecule has 1 saturated heterocycles. The van der Waals surface area contributed by atoms with Crippen LogP contribution in [0.4, 0.5) is 5.69 Å². The molecule has 0 aromatic heterocycles. The molecule has 0 bridgehead atoms. The van der Waals surface area contributed by atoms with Crippen LogP contribution in [0, 0.1) is 5.92 Å². The molecular formula is C28H34N2O7. The van der Waals surface area contributed by atoms with Crippen molar-refractivity contribution in [3.63, 3.8) is 0 Å². The van der Waals surface area contributed by atoms with E-state index >= 15 is 0 Å². The number of hydrogen-bond acceptors (Lipinski definition) is 7. The van der Waals surface area contributed by atoms with E-state index in [1.165, 1.54) is 16.8 Å². The topological polar surface area (TPSA) is 102 Å². The van der Waals surface area contributed by atoms with E-state index in [-0.39, 0.29) is 32.2 Å². The van der Waals surface area contributed by atoms with Gasteiger partial charge in [0.2, 0.25) is 0 Å². The van der Waals surface area contributed by atoms with Crippen LogP contribution in [0.1, 0.15) is 43.6 Å². The van der Waals surface area contributed by atoms with Gasteiger partial charge in [0.25, 0.3) is 11.8 Å². The molecule has 0 saturated carbocycles. The summed E-state index contributed by atoms with van der Waals surface area (Å²) >= 11 is 0. The van der Waals surface area contributed by atoms with Crippen molar-refractivity contribution in [2.45, 2.75) is 46.0 Å². The van der Waals surface area contributed by atoms with Crippen LogP contribution < -0.4 is 4.90 Å². The molecule has 2 aromatic rings. The Kier molecular flexibility index (Phi) is 9.04. The second kappa shape index (κ2) is 12.0. The number of rotatable bonds is 8. The Bertz CT molecular complexity index is 1130. The van der Waals surface area contributed by atoms with Crippen LogP contribution in [0.3, 0.4) is 0 Å². The van der Waals surface area contributed by atoms with E-state index in [4.69, 9.17) is 14.2 Å². The molecule has 2 aromatic carbocycles. The number of ether oxygens (including phenoxy) is 3.